The molecule has 1 aliphatic heterocycles. The number of H-pyrrole nitrogens is 1. The third-order valence-corrected chi connectivity index (χ3v) is 4.64. The third-order valence-electron chi connectivity index (χ3n) is 4.64. The van der Waals surface area contributed by atoms with Gasteiger partial charge in [-0.05, 0) is 12.1 Å². The highest BCUT2D eigenvalue weighted by atomic mass is 16.4. The summed E-state index contributed by atoms with van der Waals surface area (Å²) >= 11 is 0. The molecule has 0 bridgehead atoms. The largest absolute Gasteiger partial charge is 0.480 e. The van der Waals surface area contributed by atoms with E-state index in [1.165, 1.54) is 4.90 Å². The van der Waals surface area contributed by atoms with Crippen molar-refractivity contribution in [1.29, 1.82) is 0 Å². The van der Waals surface area contributed by atoms with E-state index in [9.17, 15) is 14.7 Å². The highest BCUT2D eigenvalue weighted by molar-refractivity contribution is 5.96. The molecule has 0 aliphatic carbocycles. The summed E-state index contributed by atoms with van der Waals surface area (Å²) in [7, 11) is 0. The zero-order chi connectivity index (χ0) is 19.5. The molecule has 0 radical (unpaired) electrons. The zero-order valence-electron chi connectivity index (χ0n) is 14.9. The average molecular weight is 378 g/mol. The molecule has 9 nitrogen and oxygen atoms in total. The number of rotatable bonds is 4. The van der Waals surface area contributed by atoms with Crippen LogP contribution in [-0.4, -0.2) is 67.7 Å². The molecule has 0 unspecified atom stereocenters. The Labute approximate surface area is 160 Å². The summed E-state index contributed by atoms with van der Waals surface area (Å²) in [6.45, 7) is 0.803. The number of carboxylic acids is 1. The van der Waals surface area contributed by atoms with Gasteiger partial charge in [0.1, 0.15) is 11.7 Å². The number of carbonyl (C=O) groups is 2. The van der Waals surface area contributed by atoms with Crippen LogP contribution < -0.4 is 4.90 Å². The number of aromatic amines is 1. The molecule has 1 amide bonds. The van der Waals surface area contributed by atoms with E-state index >= 15 is 0 Å². The van der Waals surface area contributed by atoms with Crippen molar-refractivity contribution in [3.05, 3.63) is 60.6 Å². The number of nitrogens with one attached hydrogen (secondary N) is 1. The number of carboxylic acid groups (broad SMARTS) is 1. The Morgan fingerprint density at radius 1 is 1.07 bits per heavy atom. The first-order valence-electron chi connectivity index (χ1n) is 8.80. The topological polar surface area (TPSA) is 115 Å². The maximum atomic E-state index is 12.9. The summed E-state index contributed by atoms with van der Waals surface area (Å²) in [4.78, 5) is 36.2. The first-order chi connectivity index (χ1) is 13.6. The molecule has 4 rings (SSSR count). The van der Waals surface area contributed by atoms with Crippen LogP contribution in [0.1, 0.15) is 10.5 Å². The molecule has 2 N–H and O–H groups in total. The lowest BCUT2D eigenvalue weighted by atomic mass is 10.1. The first-order valence-corrected chi connectivity index (χ1v) is 8.80. The first kappa shape index (κ1) is 17.7. The number of benzene rings is 1. The molecule has 0 saturated carbocycles. The summed E-state index contributed by atoms with van der Waals surface area (Å²) in [5, 5.41) is 16.6. The quantitative estimate of drug-likeness (QED) is 0.703. The molecule has 28 heavy (non-hydrogen) atoms. The lowest BCUT2D eigenvalue weighted by molar-refractivity contribution is -0.142. The van der Waals surface area contributed by atoms with Crippen LogP contribution in [0.15, 0.2) is 54.9 Å². The van der Waals surface area contributed by atoms with Crippen LogP contribution in [0.25, 0.3) is 11.3 Å². The van der Waals surface area contributed by atoms with Crippen molar-refractivity contribution < 1.29 is 14.7 Å². The SMILES string of the molecule is O=C(O)[C@@H]1CN(c2ncccn2)CCN1C(=O)c1cc(-c2ccccc2)n[nH]1. The molecule has 142 valence electrons. The maximum absolute atomic E-state index is 12.9. The average Bonchev–Trinajstić information content (AvgIpc) is 3.24. The summed E-state index contributed by atoms with van der Waals surface area (Å²) in [5.41, 5.74) is 1.76. The number of amides is 1. The van der Waals surface area contributed by atoms with Crippen LogP contribution >= 0.6 is 0 Å². The van der Waals surface area contributed by atoms with Gasteiger partial charge in [-0.1, -0.05) is 30.3 Å². The van der Waals surface area contributed by atoms with Crippen LogP contribution in [0.5, 0.6) is 0 Å². The number of carbonyl (C=O) groups excluding carboxylic acids is 1. The number of piperazine rings is 1. The minimum absolute atomic E-state index is 0.116. The summed E-state index contributed by atoms with van der Waals surface area (Å²) in [6, 6.07) is 11.8. The van der Waals surface area contributed by atoms with Gasteiger partial charge in [0.05, 0.1) is 12.2 Å². The molecule has 3 heterocycles. The van der Waals surface area contributed by atoms with Gasteiger partial charge in [-0.2, -0.15) is 5.10 Å². The highest BCUT2D eigenvalue weighted by Crippen LogP contribution is 2.21. The summed E-state index contributed by atoms with van der Waals surface area (Å²) in [5.74, 6) is -1.01. The van der Waals surface area contributed by atoms with Crippen LogP contribution in [0.2, 0.25) is 0 Å². The van der Waals surface area contributed by atoms with Gasteiger partial charge in [-0.3, -0.25) is 9.89 Å². The number of hydrogen-bond donors (Lipinski definition) is 2. The monoisotopic (exact) mass is 378 g/mol. The van der Waals surface area contributed by atoms with E-state index in [4.69, 9.17) is 0 Å². The lowest BCUT2D eigenvalue weighted by Gasteiger charge is -2.38. The zero-order valence-corrected chi connectivity index (χ0v) is 14.9. The van der Waals surface area contributed by atoms with E-state index in [1.807, 2.05) is 30.3 Å². The Morgan fingerprint density at radius 3 is 2.54 bits per heavy atom. The van der Waals surface area contributed by atoms with Crippen molar-refractivity contribution >= 4 is 17.8 Å². The number of nitrogens with zero attached hydrogens (tertiary/aromatic N) is 5. The fourth-order valence-electron chi connectivity index (χ4n) is 3.22. The minimum Gasteiger partial charge on any atom is -0.480 e. The molecule has 3 aromatic rings. The predicted molar refractivity (Wildman–Crippen MR) is 101 cm³/mol. The van der Waals surface area contributed by atoms with Crippen LogP contribution in [0.3, 0.4) is 0 Å². The Balaban J connectivity index is 1.54. The van der Waals surface area contributed by atoms with Crippen LogP contribution in [0, 0.1) is 0 Å². The molecule has 1 saturated heterocycles. The van der Waals surface area contributed by atoms with E-state index in [0.717, 1.165) is 5.56 Å². The standard InChI is InChI=1S/C19H18N6O3/c26-17(15-11-14(22-23-15)13-5-2-1-3-6-13)25-10-9-24(12-16(25)18(27)28)19-20-7-4-8-21-19/h1-8,11,16H,9-10,12H2,(H,22,23)(H,27,28)/t16-/m0/s1. The van der Waals surface area contributed by atoms with E-state index in [2.05, 4.69) is 20.2 Å². The summed E-state index contributed by atoms with van der Waals surface area (Å²) < 4.78 is 0. The van der Waals surface area contributed by atoms with Crippen molar-refractivity contribution in [3.63, 3.8) is 0 Å². The van der Waals surface area contributed by atoms with Crippen molar-refractivity contribution in [2.75, 3.05) is 24.5 Å². The lowest BCUT2D eigenvalue weighted by Crippen LogP contribution is -2.58. The number of hydrogen-bond acceptors (Lipinski definition) is 6. The fraction of sp³-hybridized carbons (Fsp3) is 0.211. The van der Waals surface area contributed by atoms with Gasteiger partial charge in [0.15, 0.2) is 0 Å². The Morgan fingerprint density at radius 2 is 1.82 bits per heavy atom. The third kappa shape index (κ3) is 3.41. The predicted octanol–water partition coefficient (Wildman–Crippen LogP) is 1.28. The van der Waals surface area contributed by atoms with Gasteiger partial charge in [0, 0.05) is 31.0 Å². The van der Waals surface area contributed by atoms with Gasteiger partial charge in [0.25, 0.3) is 5.91 Å². The fourth-order valence-corrected chi connectivity index (χ4v) is 3.22. The molecule has 1 fully saturated rings. The number of anilines is 1. The molecule has 1 aromatic carbocycles. The van der Waals surface area contributed by atoms with E-state index in [1.54, 1.807) is 29.4 Å². The van der Waals surface area contributed by atoms with Crippen LogP contribution in [0.4, 0.5) is 5.95 Å². The van der Waals surface area contributed by atoms with E-state index in [-0.39, 0.29) is 18.8 Å². The maximum Gasteiger partial charge on any atom is 0.328 e. The Hall–Kier alpha value is -3.75. The van der Waals surface area contributed by atoms with Gasteiger partial charge in [0.2, 0.25) is 5.95 Å². The molecule has 0 spiro atoms. The molecular formula is C19H18N6O3. The summed E-state index contributed by atoms with van der Waals surface area (Å²) in [6.07, 6.45) is 3.21. The molecular weight excluding hydrogens is 360 g/mol. The Kier molecular flexibility index (Phi) is 4.71. The van der Waals surface area contributed by atoms with E-state index in [0.29, 0.717) is 18.2 Å². The normalized spacial score (nSPS) is 16.8. The van der Waals surface area contributed by atoms with Crippen LogP contribution in [-0.2, 0) is 4.79 Å². The second-order valence-electron chi connectivity index (χ2n) is 6.38. The van der Waals surface area contributed by atoms with E-state index < -0.39 is 17.9 Å². The molecule has 1 aliphatic rings. The van der Waals surface area contributed by atoms with Gasteiger partial charge in [-0.25, -0.2) is 14.8 Å². The number of aromatic nitrogens is 4. The molecule has 2 aromatic heterocycles. The van der Waals surface area contributed by atoms with Crippen molar-refractivity contribution in [1.82, 2.24) is 25.1 Å². The van der Waals surface area contributed by atoms with Crippen molar-refractivity contribution in [3.8, 4) is 11.3 Å². The van der Waals surface area contributed by atoms with Crippen molar-refractivity contribution in [2.24, 2.45) is 0 Å². The Bertz CT molecular complexity index is 976. The molecule has 9 heteroatoms. The number of aliphatic carboxylic acids is 1. The van der Waals surface area contributed by atoms with Gasteiger partial charge in [-0.15, -0.1) is 0 Å². The smallest absolute Gasteiger partial charge is 0.328 e. The van der Waals surface area contributed by atoms with Gasteiger partial charge >= 0.3 is 5.97 Å². The van der Waals surface area contributed by atoms with Gasteiger partial charge < -0.3 is 14.9 Å². The highest BCUT2D eigenvalue weighted by Gasteiger charge is 2.37. The van der Waals surface area contributed by atoms with Crippen molar-refractivity contribution in [2.45, 2.75) is 6.04 Å². The molecule has 1 atom stereocenters. The second-order valence-corrected chi connectivity index (χ2v) is 6.38. The minimum atomic E-state index is -1.07. The second kappa shape index (κ2) is 7.47.